The van der Waals surface area contributed by atoms with Crippen LogP contribution in [0.3, 0.4) is 0 Å². The maximum Gasteiger partial charge on any atom is 0.255 e. The van der Waals surface area contributed by atoms with E-state index in [0.717, 1.165) is 88.7 Å². The number of piperidine rings is 2. The zero-order valence-corrected chi connectivity index (χ0v) is 17.4. The summed E-state index contributed by atoms with van der Waals surface area (Å²) < 4.78 is 2.30. The molecule has 1 atom stereocenters. The SMILES string of the molecule is O=C(c1cnc(N2CCCC(c3nnc4n3CCC4)C2)c(Cl)c1)N1CCCCC1. The van der Waals surface area contributed by atoms with Crippen molar-refractivity contribution in [1.82, 2.24) is 24.6 Å². The summed E-state index contributed by atoms with van der Waals surface area (Å²) in [5, 5.41) is 9.41. The number of rotatable bonds is 3. The van der Waals surface area contributed by atoms with Crippen LogP contribution >= 0.6 is 11.6 Å². The predicted molar refractivity (Wildman–Crippen MR) is 112 cm³/mol. The fraction of sp³-hybridized carbons (Fsp3) is 0.619. The van der Waals surface area contributed by atoms with Gasteiger partial charge in [0.1, 0.15) is 17.5 Å². The Morgan fingerprint density at radius 3 is 2.72 bits per heavy atom. The molecule has 0 spiro atoms. The molecule has 0 radical (unpaired) electrons. The molecule has 2 fully saturated rings. The highest BCUT2D eigenvalue weighted by atomic mass is 35.5. The molecule has 0 N–H and O–H groups in total. The second kappa shape index (κ2) is 7.94. The summed E-state index contributed by atoms with van der Waals surface area (Å²) >= 11 is 6.60. The van der Waals surface area contributed by atoms with Crippen molar-refractivity contribution in [2.45, 2.75) is 57.4 Å². The standard InChI is InChI=1S/C21H27ClN6O/c22-17-12-16(21(29)26-8-2-1-3-9-26)13-23-20(17)27-10-4-6-15(14-27)19-25-24-18-7-5-11-28(18)19/h12-13,15H,1-11,14H2. The van der Waals surface area contributed by atoms with Gasteiger partial charge in [-0.05, 0) is 44.6 Å². The van der Waals surface area contributed by atoms with E-state index in [0.29, 0.717) is 16.5 Å². The number of carbonyl (C=O) groups excluding carboxylic acids is 1. The van der Waals surface area contributed by atoms with Crippen molar-refractivity contribution in [1.29, 1.82) is 0 Å². The molecule has 3 aliphatic heterocycles. The van der Waals surface area contributed by atoms with Crippen molar-refractivity contribution < 1.29 is 4.79 Å². The van der Waals surface area contributed by atoms with Crippen molar-refractivity contribution in [3.8, 4) is 0 Å². The van der Waals surface area contributed by atoms with Crippen LogP contribution in [0.15, 0.2) is 12.3 Å². The largest absolute Gasteiger partial charge is 0.355 e. The van der Waals surface area contributed by atoms with Gasteiger partial charge in [0.25, 0.3) is 5.91 Å². The van der Waals surface area contributed by atoms with E-state index in [9.17, 15) is 4.79 Å². The predicted octanol–water partition coefficient (Wildman–Crippen LogP) is 3.28. The Bertz CT molecular complexity index is 907. The first-order valence-electron chi connectivity index (χ1n) is 10.8. The lowest BCUT2D eigenvalue weighted by Crippen LogP contribution is -2.37. The van der Waals surface area contributed by atoms with Gasteiger partial charge in [-0.15, -0.1) is 10.2 Å². The van der Waals surface area contributed by atoms with Crippen LogP contribution in [0.1, 0.15) is 66.4 Å². The van der Waals surface area contributed by atoms with E-state index in [-0.39, 0.29) is 5.91 Å². The van der Waals surface area contributed by atoms with E-state index in [4.69, 9.17) is 11.6 Å². The molecule has 1 amide bonds. The molecule has 0 aliphatic carbocycles. The highest BCUT2D eigenvalue weighted by Crippen LogP contribution is 2.33. The zero-order chi connectivity index (χ0) is 19.8. The van der Waals surface area contributed by atoms with Gasteiger partial charge in [-0.3, -0.25) is 4.79 Å². The first kappa shape index (κ1) is 18.9. The first-order chi connectivity index (χ1) is 14.2. The quantitative estimate of drug-likeness (QED) is 0.771. The number of aryl methyl sites for hydroxylation is 1. The van der Waals surface area contributed by atoms with Crippen LogP contribution in [0.2, 0.25) is 5.02 Å². The molecule has 0 aromatic carbocycles. The number of nitrogens with zero attached hydrogens (tertiary/aromatic N) is 6. The molecule has 5 heterocycles. The zero-order valence-electron chi connectivity index (χ0n) is 16.7. The van der Waals surface area contributed by atoms with Crippen LogP contribution in [0.5, 0.6) is 0 Å². The molecular weight excluding hydrogens is 388 g/mol. The Morgan fingerprint density at radius 1 is 1.03 bits per heavy atom. The van der Waals surface area contributed by atoms with E-state index in [1.165, 1.54) is 6.42 Å². The van der Waals surface area contributed by atoms with E-state index in [2.05, 4.69) is 24.6 Å². The summed E-state index contributed by atoms with van der Waals surface area (Å²) in [6, 6.07) is 1.79. The second-order valence-corrected chi connectivity index (χ2v) is 8.80. The Hall–Kier alpha value is -2.15. The minimum Gasteiger partial charge on any atom is -0.355 e. The van der Waals surface area contributed by atoms with Crippen LogP contribution in [-0.4, -0.2) is 56.7 Å². The van der Waals surface area contributed by atoms with Crippen LogP contribution in [0, 0.1) is 0 Å². The average molecular weight is 415 g/mol. The highest BCUT2D eigenvalue weighted by molar-refractivity contribution is 6.33. The van der Waals surface area contributed by atoms with Crippen molar-refractivity contribution in [2.24, 2.45) is 0 Å². The second-order valence-electron chi connectivity index (χ2n) is 8.40. The summed E-state index contributed by atoms with van der Waals surface area (Å²) in [4.78, 5) is 21.5. The number of amides is 1. The number of hydrogen-bond donors (Lipinski definition) is 0. The van der Waals surface area contributed by atoms with E-state index < -0.39 is 0 Å². The van der Waals surface area contributed by atoms with E-state index >= 15 is 0 Å². The third-order valence-electron chi connectivity index (χ3n) is 6.44. The molecule has 3 aliphatic rings. The normalized spacial score (nSPS) is 22.0. The number of aromatic nitrogens is 4. The molecule has 8 heteroatoms. The Kier molecular flexibility index (Phi) is 5.16. The van der Waals surface area contributed by atoms with Gasteiger partial charge in [-0.2, -0.15) is 0 Å². The van der Waals surface area contributed by atoms with Gasteiger partial charge in [0.15, 0.2) is 0 Å². The van der Waals surface area contributed by atoms with E-state index in [1.54, 1.807) is 12.3 Å². The summed E-state index contributed by atoms with van der Waals surface area (Å²) in [5.74, 6) is 3.38. The third-order valence-corrected chi connectivity index (χ3v) is 6.71. The van der Waals surface area contributed by atoms with Gasteiger partial charge in [0.05, 0.1) is 10.6 Å². The number of carbonyl (C=O) groups is 1. The topological polar surface area (TPSA) is 67.2 Å². The molecule has 0 bridgehead atoms. The molecular formula is C21H27ClN6O. The number of pyridine rings is 1. The number of likely N-dealkylation sites (tertiary alicyclic amines) is 1. The molecule has 2 aromatic heterocycles. The summed E-state index contributed by atoms with van der Waals surface area (Å²) in [5.41, 5.74) is 0.587. The molecule has 5 rings (SSSR count). The Balaban J connectivity index is 1.33. The molecule has 2 saturated heterocycles. The van der Waals surface area contributed by atoms with Crippen molar-refractivity contribution in [3.63, 3.8) is 0 Å². The Morgan fingerprint density at radius 2 is 1.90 bits per heavy atom. The maximum atomic E-state index is 12.8. The summed E-state index contributed by atoms with van der Waals surface area (Å²) in [6.07, 6.45) is 9.41. The molecule has 154 valence electrons. The number of fused-ring (bicyclic) bond motifs is 1. The molecule has 7 nitrogen and oxygen atoms in total. The van der Waals surface area contributed by atoms with Crippen LogP contribution in [0.25, 0.3) is 0 Å². The molecule has 2 aromatic rings. The van der Waals surface area contributed by atoms with Gasteiger partial charge in [-0.25, -0.2) is 4.98 Å². The minimum atomic E-state index is 0.0428. The average Bonchev–Trinajstić information content (AvgIpc) is 3.38. The van der Waals surface area contributed by atoms with Crippen molar-refractivity contribution in [3.05, 3.63) is 34.5 Å². The number of halogens is 1. The fourth-order valence-corrected chi connectivity index (χ4v) is 5.20. The van der Waals surface area contributed by atoms with Gasteiger partial charge >= 0.3 is 0 Å². The van der Waals surface area contributed by atoms with Gasteiger partial charge in [-0.1, -0.05) is 11.6 Å². The molecule has 1 unspecified atom stereocenters. The van der Waals surface area contributed by atoms with Crippen LogP contribution in [-0.2, 0) is 13.0 Å². The van der Waals surface area contributed by atoms with Crippen molar-refractivity contribution >= 4 is 23.3 Å². The lowest BCUT2D eigenvalue weighted by atomic mass is 9.97. The van der Waals surface area contributed by atoms with E-state index in [1.807, 2.05) is 4.90 Å². The lowest BCUT2D eigenvalue weighted by Gasteiger charge is -2.33. The fourth-order valence-electron chi connectivity index (χ4n) is 4.92. The van der Waals surface area contributed by atoms with Gasteiger partial charge in [0.2, 0.25) is 0 Å². The number of anilines is 1. The summed E-state index contributed by atoms with van der Waals surface area (Å²) in [6.45, 7) is 4.44. The monoisotopic (exact) mass is 414 g/mol. The molecule has 0 saturated carbocycles. The lowest BCUT2D eigenvalue weighted by molar-refractivity contribution is 0.0724. The first-order valence-corrected chi connectivity index (χ1v) is 11.2. The van der Waals surface area contributed by atoms with Crippen LogP contribution < -0.4 is 4.90 Å². The van der Waals surface area contributed by atoms with Gasteiger partial charge in [0, 0.05) is 51.3 Å². The smallest absolute Gasteiger partial charge is 0.255 e. The number of hydrogen-bond acceptors (Lipinski definition) is 5. The highest BCUT2D eigenvalue weighted by Gasteiger charge is 2.30. The molecule has 29 heavy (non-hydrogen) atoms. The third kappa shape index (κ3) is 3.61. The Labute approximate surface area is 176 Å². The van der Waals surface area contributed by atoms with Crippen LogP contribution in [0.4, 0.5) is 5.82 Å². The minimum absolute atomic E-state index is 0.0428. The maximum absolute atomic E-state index is 12.8. The summed E-state index contributed by atoms with van der Waals surface area (Å²) in [7, 11) is 0. The van der Waals surface area contributed by atoms with Crippen molar-refractivity contribution in [2.75, 3.05) is 31.1 Å². The van der Waals surface area contributed by atoms with Gasteiger partial charge < -0.3 is 14.4 Å².